The summed E-state index contributed by atoms with van der Waals surface area (Å²) in [6, 6.07) is 6.81. The summed E-state index contributed by atoms with van der Waals surface area (Å²) in [7, 11) is 1.41. The van der Waals surface area contributed by atoms with Crippen molar-refractivity contribution in [1.29, 1.82) is 0 Å². The SMILES string of the molecule is COc1cc(-c2cnc3cc(OCC4CC4)ccn23)cc(OC(F)F)c1C(=O)CC1CC1. The Hall–Kier alpha value is -3.16. The maximum Gasteiger partial charge on any atom is 0.387 e. The van der Waals surface area contributed by atoms with Gasteiger partial charge in [0.25, 0.3) is 0 Å². The van der Waals surface area contributed by atoms with Gasteiger partial charge in [-0.05, 0) is 55.7 Å². The van der Waals surface area contributed by atoms with E-state index < -0.39 is 6.61 Å². The molecule has 8 heteroatoms. The van der Waals surface area contributed by atoms with E-state index in [1.165, 1.54) is 26.0 Å². The van der Waals surface area contributed by atoms with Gasteiger partial charge in [-0.2, -0.15) is 8.78 Å². The van der Waals surface area contributed by atoms with Crippen molar-refractivity contribution in [3.63, 3.8) is 0 Å². The average molecular weight is 442 g/mol. The van der Waals surface area contributed by atoms with Crippen molar-refractivity contribution in [3.05, 3.63) is 42.2 Å². The molecule has 2 saturated carbocycles. The molecule has 0 atom stereocenters. The van der Waals surface area contributed by atoms with Crippen molar-refractivity contribution in [2.45, 2.75) is 38.7 Å². The number of pyridine rings is 1. The molecule has 168 valence electrons. The van der Waals surface area contributed by atoms with Gasteiger partial charge < -0.3 is 14.2 Å². The van der Waals surface area contributed by atoms with Crippen LogP contribution in [0.1, 0.15) is 42.5 Å². The molecular formula is C24H24F2N2O4. The molecule has 0 bridgehead atoms. The zero-order chi connectivity index (χ0) is 22.2. The molecule has 3 aromatic rings. The number of imidazole rings is 1. The summed E-state index contributed by atoms with van der Waals surface area (Å²) in [6.07, 6.45) is 8.14. The van der Waals surface area contributed by atoms with Gasteiger partial charge in [-0.3, -0.25) is 9.20 Å². The van der Waals surface area contributed by atoms with Crippen LogP contribution in [0.4, 0.5) is 8.78 Å². The molecule has 2 heterocycles. The molecule has 2 fully saturated rings. The van der Waals surface area contributed by atoms with Crippen molar-refractivity contribution in [3.8, 4) is 28.5 Å². The molecule has 1 aromatic carbocycles. The number of carbonyl (C=O) groups excluding carboxylic acids is 1. The number of hydrogen-bond donors (Lipinski definition) is 0. The number of hydrogen-bond acceptors (Lipinski definition) is 5. The van der Waals surface area contributed by atoms with E-state index in [1.54, 1.807) is 12.3 Å². The lowest BCUT2D eigenvalue weighted by atomic mass is 10.00. The van der Waals surface area contributed by atoms with Gasteiger partial charge in [0.05, 0.1) is 25.6 Å². The Morgan fingerprint density at radius 2 is 1.91 bits per heavy atom. The summed E-state index contributed by atoms with van der Waals surface area (Å²) in [5, 5.41) is 0. The Labute approximate surface area is 184 Å². The van der Waals surface area contributed by atoms with Crippen LogP contribution in [0, 0.1) is 11.8 Å². The molecule has 2 aliphatic rings. The molecule has 0 radical (unpaired) electrons. The summed E-state index contributed by atoms with van der Waals surface area (Å²) >= 11 is 0. The number of ether oxygens (including phenoxy) is 3. The Morgan fingerprint density at radius 3 is 2.59 bits per heavy atom. The number of carbonyl (C=O) groups is 1. The molecule has 2 aromatic heterocycles. The predicted octanol–water partition coefficient (Wildman–Crippen LogP) is 5.38. The van der Waals surface area contributed by atoms with Crippen LogP contribution in [0.5, 0.6) is 17.2 Å². The first-order valence-electron chi connectivity index (χ1n) is 10.8. The van der Waals surface area contributed by atoms with Crippen molar-refractivity contribution in [2.24, 2.45) is 11.8 Å². The second-order valence-corrected chi connectivity index (χ2v) is 8.49. The minimum Gasteiger partial charge on any atom is -0.496 e. The molecule has 6 nitrogen and oxygen atoms in total. The van der Waals surface area contributed by atoms with Crippen molar-refractivity contribution >= 4 is 11.4 Å². The van der Waals surface area contributed by atoms with E-state index in [9.17, 15) is 13.6 Å². The maximum absolute atomic E-state index is 13.2. The lowest BCUT2D eigenvalue weighted by Crippen LogP contribution is -2.11. The summed E-state index contributed by atoms with van der Waals surface area (Å²) in [4.78, 5) is 17.2. The molecule has 0 unspecified atom stereocenters. The lowest BCUT2D eigenvalue weighted by molar-refractivity contribution is -0.0502. The maximum atomic E-state index is 13.2. The van der Waals surface area contributed by atoms with Gasteiger partial charge in [-0.15, -0.1) is 0 Å². The van der Waals surface area contributed by atoms with Gasteiger partial charge >= 0.3 is 6.61 Å². The van der Waals surface area contributed by atoms with Crippen LogP contribution in [-0.4, -0.2) is 35.5 Å². The van der Waals surface area contributed by atoms with Crippen molar-refractivity contribution in [2.75, 3.05) is 13.7 Å². The number of fused-ring (bicyclic) bond motifs is 1. The Balaban J connectivity index is 1.51. The van der Waals surface area contributed by atoms with Gasteiger partial charge in [0, 0.05) is 24.2 Å². The number of ketones is 1. The predicted molar refractivity (Wildman–Crippen MR) is 114 cm³/mol. The van der Waals surface area contributed by atoms with Gasteiger partial charge in [-0.1, -0.05) is 0 Å². The largest absolute Gasteiger partial charge is 0.496 e. The Kier molecular flexibility index (Phi) is 5.45. The molecular weight excluding hydrogens is 418 g/mol. The minimum absolute atomic E-state index is 0.0630. The fourth-order valence-electron chi connectivity index (χ4n) is 3.81. The number of alkyl halides is 2. The lowest BCUT2D eigenvalue weighted by Gasteiger charge is -2.16. The zero-order valence-corrected chi connectivity index (χ0v) is 17.7. The van der Waals surface area contributed by atoms with Gasteiger partial charge in [0.1, 0.15) is 28.5 Å². The second kappa shape index (κ2) is 8.41. The molecule has 5 rings (SSSR count). The smallest absolute Gasteiger partial charge is 0.387 e. The number of halogens is 2. The summed E-state index contributed by atoms with van der Waals surface area (Å²) in [5.74, 6) is 1.47. The van der Waals surface area contributed by atoms with Crippen LogP contribution >= 0.6 is 0 Å². The molecule has 2 aliphatic carbocycles. The minimum atomic E-state index is -3.06. The molecule has 0 amide bonds. The third kappa shape index (κ3) is 4.40. The van der Waals surface area contributed by atoms with E-state index in [4.69, 9.17) is 14.2 Å². The number of rotatable bonds is 10. The first-order chi connectivity index (χ1) is 15.5. The highest BCUT2D eigenvalue weighted by molar-refractivity contribution is 6.02. The number of nitrogens with zero attached hydrogens (tertiary/aromatic N) is 2. The van der Waals surface area contributed by atoms with Crippen molar-refractivity contribution < 1.29 is 27.8 Å². The highest BCUT2D eigenvalue weighted by atomic mass is 19.3. The van der Waals surface area contributed by atoms with Crippen LogP contribution in [-0.2, 0) is 0 Å². The van der Waals surface area contributed by atoms with E-state index in [1.807, 2.05) is 22.7 Å². The zero-order valence-electron chi connectivity index (χ0n) is 17.7. The van der Waals surface area contributed by atoms with Gasteiger partial charge in [-0.25, -0.2) is 4.98 Å². The van der Waals surface area contributed by atoms with E-state index >= 15 is 0 Å². The summed E-state index contributed by atoms with van der Waals surface area (Å²) in [5.41, 5.74) is 1.94. The van der Waals surface area contributed by atoms with E-state index in [-0.39, 0.29) is 22.8 Å². The van der Waals surface area contributed by atoms with E-state index in [2.05, 4.69) is 4.98 Å². The third-order valence-corrected chi connectivity index (χ3v) is 5.91. The van der Waals surface area contributed by atoms with Crippen LogP contribution in [0.3, 0.4) is 0 Å². The first kappa shape index (κ1) is 20.7. The van der Waals surface area contributed by atoms with Crippen LogP contribution in [0.2, 0.25) is 0 Å². The average Bonchev–Trinajstić information content (AvgIpc) is 3.70. The standard InChI is InChI=1S/C24H24F2N2O4/c1-30-20-9-16(10-21(32-24(25)26)23(20)19(29)8-14-2-3-14)18-12-27-22-11-17(6-7-28(18)22)31-13-15-4-5-15/h6-7,9-12,14-15,24H,2-5,8,13H2,1H3. The van der Waals surface area contributed by atoms with Crippen LogP contribution in [0.25, 0.3) is 16.9 Å². The first-order valence-corrected chi connectivity index (χ1v) is 10.8. The molecule has 0 saturated heterocycles. The third-order valence-electron chi connectivity index (χ3n) is 5.91. The molecule has 32 heavy (non-hydrogen) atoms. The number of Topliss-reactive ketones (excluding diaryl/α,β-unsaturated/α-hetero) is 1. The topological polar surface area (TPSA) is 62.1 Å². The normalized spacial score (nSPS) is 15.9. The van der Waals surface area contributed by atoms with E-state index in [0.717, 1.165) is 18.6 Å². The number of aromatic nitrogens is 2. The quantitative estimate of drug-likeness (QED) is 0.395. The second-order valence-electron chi connectivity index (χ2n) is 8.49. The fourth-order valence-corrected chi connectivity index (χ4v) is 3.81. The number of benzene rings is 1. The van der Waals surface area contributed by atoms with Gasteiger partial charge in [0.15, 0.2) is 5.78 Å². The molecule has 0 spiro atoms. The Bertz CT molecular complexity index is 1150. The van der Waals surface area contributed by atoms with Crippen molar-refractivity contribution in [1.82, 2.24) is 9.38 Å². The van der Waals surface area contributed by atoms with Crippen LogP contribution < -0.4 is 14.2 Å². The van der Waals surface area contributed by atoms with E-state index in [0.29, 0.717) is 41.8 Å². The highest BCUT2D eigenvalue weighted by Crippen LogP contribution is 2.40. The highest BCUT2D eigenvalue weighted by Gasteiger charge is 2.30. The summed E-state index contributed by atoms with van der Waals surface area (Å²) in [6.45, 7) is -2.36. The fraction of sp³-hybridized carbons (Fsp3) is 0.417. The number of methoxy groups -OCH3 is 1. The van der Waals surface area contributed by atoms with Gasteiger partial charge in [0.2, 0.25) is 0 Å². The summed E-state index contributed by atoms with van der Waals surface area (Å²) < 4.78 is 44.2. The Morgan fingerprint density at radius 1 is 1.16 bits per heavy atom. The molecule has 0 N–H and O–H groups in total. The molecule has 0 aliphatic heterocycles. The monoisotopic (exact) mass is 442 g/mol. The van der Waals surface area contributed by atoms with Crippen LogP contribution in [0.15, 0.2) is 36.7 Å².